The van der Waals surface area contributed by atoms with Crippen molar-refractivity contribution in [3.8, 4) is 11.5 Å². The molecular formula is C24H28Cl2N2O3. The predicted octanol–water partition coefficient (Wildman–Crippen LogP) is 4.79. The van der Waals surface area contributed by atoms with Gasteiger partial charge in [-0.1, -0.05) is 29.3 Å². The van der Waals surface area contributed by atoms with Gasteiger partial charge in [-0.3, -0.25) is 4.79 Å². The minimum atomic E-state index is -0.103. The van der Waals surface area contributed by atoms with Crippen molar-refractivity contribution in [2.45, 2.75) is 30.7 Å². The van der Waals surface area contributed by atoms with Crippen molar-refractivity contribution in [3.05, 3.63) is 57.6 Å². The molecule has 0 aromatic heterocycles. The summed E-state index contributed by atoms with van der Waals surface area (Å²) in [4.78, 5) is 15.2. The van der Waals surface area contributed by atoms with Crippen LogP contribution < -0.4 is 14.8 Å². The van der Waals surface area contributed by atoms with Crippen LogP contribution in [0.3, 0.4) is 0 Å². The minimum absolute atomic E-state index is 0.0547. The minimum Gasteiger partial charge on any atom is -0.493 e. The van der Waals surface area contributed by atoms with Crippen LogP contribution in [0.1, 0.15) is 35.2 Å². The topological polar surface area (TPSA) is 50.8 Å². The van der Waals surface area contributed by atoms with E-state index in [2.05, 4.69) is 29.4 Å². The van der Waals surface area contributed by atoms with Crippen LogP contribution in [-0.4, -0.2) is 51.2 Å². The Morgan fingerprint density at radius 1 is 1.10 bits per heavy atom. The molecule has 31 heavy (non-hydrogen) atoms. The van der Waals surface area contributed by atoms with Gasteiger partial charge in [0.1, 0.15) is 0 Å². The van der Waals surface area contributed by atoms with E-state index in [9.17, 15) is 4.79 Å². The summed E-state index contributed by atoms with van der Waals surface area (Å²) >= 11 is 12.1. The number of methoxy groups -OCH3 is 2. The second-order valence-corrected chi connectivity index (χ2v) is 9.51. The lowest BCUT2D eigenvalue weighted by Crippen LogP contribution is -2.47. The van der Waals surface area contributed by atoms with Crippen LogP contribution in [0.15, 0.2) is 36.4 Å². The summed E-state index contributed by atoms with van der Waals surface area (Å²) in [6.45, 7) is 2.01. The Balaban J connectivity index is 1.53. The van der Waals surface area contributed by atoms with Gasteiger partial charge in [-0.2, -0.15) is 0 Å². The zero-order valence-electron chi connectivity index (χ0n) is 18.1. The zero-order chi connectivity index (χ0) is 22.2. The highest BCUT2D eigenvalue weighted by Crippen LogP contribution is 2.49. The molecule has 2 aromatic carbocycles. The fraction of sp³-hybridized carbons (Fsp3) is 0.458. The van der Waals surface area contributed by atoms with E-state index in [-0.39, 0.29) is 17.4 Å². The van der Waals surface area contributed by atoms with Crippen LogP contribution in [0.5, 0.6) is 11.5 Å². The average Bonchev–Trinajstić information content (AvgIpc) is 3.11. The fourth-order valence-corrected chi connectivity index (χ4v) is 5.66. The molecule has 7 heteroatoms. The van der Waals surface area contributed by atoms with Crippen LogP contribution in [0, 0.1) is 5.92 Å². The van der Waals surface area contributed by atoms with Gasteiger partial charge in [0.2, 0.25) is 0 Å². The molecule has 1 aliphatic heterocycles. The summed E-state index contributed by atoms with van der Waals surface area (Å²) in [5, 5.41) is 4.06. The van der Waals surface area contributed by atoms with Crippen molar-refractivity contribution in [1.82, 2.24) is 10.2 Å². The number of fused-ring (bicyclic) bond motifs is 1. The first-order valence-corrected chi connectivity index (χ1v) is 11.3. The predicted molar refractivity (Wildman–Crippen MR) is 124 cm³/mol. The molecule has 1 saturated carbocycles. The normalized spacial score (nSPS) is 25.7. The summed E-state index contributed by atoms with van der Waals surface area (Å²) in [5.41, 5.74) is 1.88. The molecule has 2 aliphatic rings. The van der Waals surface area contributed by atoms with Crippen LogP contribution in [0.4, 0.5) is 0 Å². The van der Waals surface area contributed by atoms with Crippen LogP contribution in [0.25, 0.3) is 0 Å². The van der Waals surface area contributed by atoms with Gasteiger partial charge >= 0.3 is 0 Å². The van der Waals surface area contributed by atoms with Crippen molar-refractivity contribution < 1.29 is 14.3 Å². The van der Waals surface area contributed by atoms with Crippen molar-refractivity contribution >= 4 is 29.1 Å². The Bertz CT molecular complexity index is 983. The Kier molecular flexibility index (Phi) is 6.38. The molecule has 1 aliphatic carbocycles. The summed E-state index contributed by atoms with van der Waals surface area (Å²) in [7, 11) is 5.50. The maximum atomic E-state index is 12.8. The van der Waals surface area contributed by atoms with Crippen molar-refractivity contribution in [2.24, 2.45) is 5.92 Å². The van der Waals surface area contributed by atoms with E-state index in [1.165, 1.54) is 5.56 Å². The smallest absolute Gasteiger partial charge is 0.251 e. The van der Waals surface area contributed by atoms with Gasteiger partial charge < -0.3 is 19.7 Å². The third-order valence-corrected chi connectivity index (χ3v) is 7.59. The number of rotatable bonds is 5. The molecule has 0 spiro atoms. The zero-order valence-corrected chi connectivity index (χ0v) is 19.6. The van der Waals surface area contributed by atoms with E-state index in [1.807, 2.05) is 6.07 Å². The van der Waals surface area contributed by atoms with Gasteiger partial charge in [-0.25, -0.2) is 0 Å². The molecule has 166 valence electrons. The molecule has 1 amide bonds. The quantitative estimate of drug-likeness (QED) is 0.693. The second kappa shape index (κ2) is 8.89. The number of halogens is 2. The van der Waals surface area contributed by atoms with E-state index in [4.69, 9.17) is 32.7 Å². The van der Waals surface area contributed by atoms with Crippen molar-refractivity contribution in [1.29, 1.82) is 0 Å². The summed E-state index contributed by atoms with van der Waals surface area (Å²) in [6, 6.07) is 11.4. The molecule has 0 unspecified atom stereocenters. The number of hydrogen-bond acceptors (Lipinski definition) is 4. The average molecular weight is 463 g/mol. The van der Waals surface area contributed by atoms with E-state index < -0.39 is 0 Å². The summed E-state index contributed by atoms with van der Waals surface area (Å²) in [6.07, 6.45) is 2.86. The fourth-order valence-electron chi connectivity index (χ4n) is 5.36. The number of nitrogens with zero attached hydrogens (tertiary/aromatic N) is 1. The standard InChI is InChI=1S/C24H28Cl2N2O3/c1-28-13-17-11-18(27-23(29)15-4-6-19(25)20(26)10-15)8-9-24(17,14-28)16-5-7-21(30-2)22(12-16)31-3/h4-7,10,12,17-18H,8-9,11,13-14H2,1-3H3,(H,27,29)/t17-,18-,24-/m1/s1. The van der Waals surface area contributed by atoms with Gasteiger partial charge in [0.25, 0.3) is 5.91 Å². The SMILES string of the molecule is COc1ccc([C@]23CC[C@@H](NC(=O)c4ccc(Cl)c(Cl)c4)C[C@@H]2CN(C)C3)cc1OC. The summed E-state index contributed by atoms with van der Waals surface area (Å²) < 4.78 is 11.0. The molecule has 0 bridgehead atoms. The van der Waals surface area contributed by atoms with Gasteiger partial charge in [-0.05, 0) is 68.1 Å². The molecule has 1 saturated heterocycles. The third kappa shape index (κ3) is 4.23. The Hall–Kier alpha value is -1.95. The first-order valence-electron chi connectivity index (χ1n) is 10.5. The Morgan fingerprint density at radius 3 is 2.58 bits per heavy atom. The number of nitrogens with one attached hydrogen (secondary N) is 1. The molecule has 1 heterocycles. The Morgan fingerprint density at radius 2 is 1.87 bits per heavy atom. The highest BCUT2D eigenvalue weighted by Gasteiger charge is 2.50. The highest BCUT2D eigenvalue weighted by atomic mass is 35.5. The third-order valence-electron chi connectivity index (χ3n) is 6.85. The molecule has 4 rings (SSSR count). The molecule has 2 aromatic rings. The number of carbonyl (C=O) groups is 1. The summed E-state index contributed by atoms with van der Waals surface area (Å²) in [5.74, 6) is 1.85. The first-order chi connectivity index (χ1) is 14.9. The maximum Gasteiger partial charge on any atom is 0.251 e. The largest absolute Gasteiger partial charge is 0.493 e. The van der Waals surface area contributed by atoms with Crippen LogP contribution in [-0.2, 0) is 5.41 Å². The number of likely N-dealkylation sites (N-methyl/N-ethyl adjacent to an activating group) is 1. The molecule has 2 fully saturated rings. The highest BCUT2D eigenvalue weighted by molar-refractivity contribution is 6.42. The number of amides is 1. The van der Waals surface area contributed by atoms with Gasteiger partial charge in [0.05, 0.1) is 24.3 Å². The van der Waals surface area contributed by atoms with E-state index in [0.29, 0.717) is 21.5 Å². The van der Waals surface area contributed by atoms with E-state index >= 15 is 0 Å². The van der Waals surface area contributed by atoms with Crippen LogP contribution >= 0.6 is 23.2 Å². The number of ether oxygens (including phenoxy) is 2. The van der Waals surface area contributed by atoms with Crippen molar-refractivity contribution in [3.63, 3.8) is 0 Å². The lowest BCUT2D eigenvalue weighted by atomic mass is 9.63. The van der Waals surface area contributed by atoms with Crippen LogP contribution in [0.2, 0.25) is 10.0 Å². The second-order valence-electron chi connectivity index (χ2n) is 8.69. The van der Waals surface area contributed by atoms with Crippen molar-refractivity contribution in [2.75, 3.05) is 34.4 Å². The van der Waals surface area contributed by atoms with E-state index in [0.717, 1.165) is 43.9 Å². The molecular weight excluding hydrogens is 435 g/mol. The lowest BCUT2D eigenvalue weighted by Gasteiger charge is -2.43. The number of benzene rings is 2. The molecule has 1 N–H and O–H groups in total. The molecule has 0 radical (unpaired) electrons. The Labute approximate surface area is 193 Å². The van der Waals surface area contributed by atoms with E-state index in [1.54, 1.807) is 32.4 Å². The molecule has 3 atom stereocenters. The molecule has 5 nitrogen and oxygen atoms in total. The van der Waals surface area contributed by atoms with Gasteiger partial charge in [-0.15, -0.1) is 0 Å². The lowest BCUT2D eigenvalue weighted by molar-refractivity contribution is 0.0904. The van der Waals surface area contributed by atoms with Gasteiger partial charge in [0, 0.05) is 30.1 Å². The number of carbonyl (C=O) groups excluding carboxylic acids is 1. The monoisotopic (exact) mass is 462 g/mol. The maximum absolute atomic E-state index is 12.8. The first kappa shape index (κ1) is 22.3. The number of likely N-dealkylation sites (tertiary alicyclic amines) is 1. The van der Waals surface area contributed by atoms with Gasteiger partial charge in [0.15, 0.2) is 11.5 Å². The number of hydrogen-bond donors (Lipinski definition) is 1.